The molecule has 0 aliphatic carbocycles. The third-order valence-corrected chi connectivity index (χ3v) is 3.08. The maximum Gasteiger partial charge on any atom is 0.0670 e. The third kappa shape index (κ3) is 3.67. The van der Waals surface area contributed by atoms with Crippen LogP contribution in [0.5, 0.6) is 0 Å². The standard InChI is InChI=1S/C12H17N3S/c1-9(8-16-2)15-11-3-4-12(14)10(7-11)5-6-13/h3-4,7,9,15H,5,8,14H2,1-2H3. The lowest BCUT2D eigenvalue weighted by atomic mass is 10.1. The molecule has 1 unspecified atom stereocenters. The topological polar surface area (TPSA) is 61.8 Å². The minimum absolute atomic E-state index is 0.359. The molecule has 0 aliphatic heterocycles. The summed E-state index contributed by atoms with van der Waals surface area (Å²) < 4.78 is 0. The Kier molecular flexibility index (Phi) is 5.00. The summed E-state index contributed by atoms with van der Waals surface area (Å²) in [6.07, 6.45) is 2.44. The van der Waals surface area contributed by atoms with Crippen molar-refractivity contribution in [3.05, 3.63) is 23.8 Å². The number of hydrogen-bond acceptors (Lipinski definition) is 4. The van der Waals surface area contributed by atoms with Crippen molar-refractivity contribution in [3.63, 3.8) is 0 Å². The molecule has 0 bridgehead atoms. The van der Waals surface area contributed by atoms with Crippen LogP contribution in [0.3, 0.4) is 0 Å². The Morgan fingerprint density at radius 2 is 2.31 bits per heavy atom. The van der Waals surface area contributed by atoms with Gasteiger partial charge < -0.3 is 11.1 Å². The van der Waals surface area contributed by atoms with E-state index in [2.05, 4.69) is 24.6 Å². The molecule has 0 saturated heterocycles. The Morgan fingerprint density at radius 1 is 1.56 bits per heavy atom. The molecule has 1 aromatic rings. The summed E-state index contributed by atoms with van der Waals surface area (Å²) in [5.41, 5.74) is 8.39. The first kappa shape index (κ1) is 12.7. The molecule has 0 amide bonds. The molecule has 86 valence electrons. The second kappa shape index (κ2) is 6.29. The monoisotopic (exact) mass is 235 g/mol. The SMILES string of the molecule is CSCC(C)Nc1ccc(N)c(CC#N)c1. The number of nitrogens with one attached hydrogen (secondary N) is 1. The van der Waals surface area contributed by atoms with Crippen molar-refractivity contribution in [1.29, 1.82) is 5.26 Å². The summed E-state index contributed by atoms with van der Waals surface area (Å²) in [6, 6.07) is 8.28. The zero-order valence-corrected chi connectivity index (χ0v) is 10.5. The number of rotatable bonds is 5. The molecule has 3 nitrogen and oxygen atoms in total. The number of anilines is 2. The number of nitrogens with two attached hydrogens (primary N) is 1. The highest BCUT2D eigenvalue weighted by Crippen LogP contribution is 2.19. The lowest BCUT2D eigenvalue weighted by molar-refractivity contribution is 0.914. The summed E-state index contributed by atoms with van der Waals surface area (Å²) in [7, 11) is 0. The van der Waals surface area contributed by atoms with Crippen molar-refractivity contribution in [2.45, 2.75) is 19.4 Å². The van der Waals surface area contributed by atoms with Crippen molar-refractivity contribution < 1.29 is 0 Å². The van der Waals surface area contributed by atoms with E-state index in [4.69, 9.17) is 11.0 Å². The average molecular weight is 235 g/mol. The highest BCUT2D eigenvalue weighted by atomic mass is 32.2. The summed E-state index contributed by atoms with van der Waals surface area (Å²) in [6.45, 7) is 2.14. The van der Waals surface area contributed by atoms with Gasteiger partial charge in [0.05, 0.1) is 12.5 Å². The predicted octanol–water partition coefficient (Wildman–Crippen LogP) is 2.50. The number of thioether (sulfide) groups is 1. The van der Waals surface area contributed by atoms with E-state index in [0.717, 1.165) is 17.0 Å². The Morgan fingerprint density at radius 3 is 2.94 bits per heavy atom. The molecule has 16 heavy (non-hydrogen) atoms. The van der Waals surface area contributed by atoms with Gasteiger partial charge in [-0.15, -0.1) is 0 Å². The zero-order valence-electron chi connectivity index (χ0n) is 9.66. The van der Waals surface area contributed by atoms with Crippen LogP contribution in [-0.4, -0.2) is 18.1 Å². The van der Waals surface area contributed by atoms with Gasteiger partial charge in [-0.05, 0) is 36.9 Å². The molecule has 3 N–H and O–H groups in total. The molecule has 0 aromatic heterocycles. The lowest BCUT2D eigenvalue weighted by Gasteiger charge is -2.15. The Bertz CT molecular complexity index is 384. The number of nitriles is 1. The first-order chi connectivity index (χ1) is 7.67. The van der Waals surface area contributed by atoms with Gasteiger partial charge in [-0.25, -0.2) is 0 Å². The second-order valence-electron chi connectivity index (χ2n) is 3.75. The van der Waals surface area contributed by atoms with Crippen LogP contribution in [0.1, 0.15) is 12.5 Å². The molecule has 0 radical (unpaired) electrons. The van der Waals surface area contributed by atoms with Gasteiger partial charge in [0.25, 0.3) is 0 Å². The molecular weight excluding hydrogens is 218 g/mol. The molecule has 4 heteroatoms. The molecule has 0 spiro atoms. The van der Waals surface area contributed by atoms with Crippen LogP contribution in [0.15, 0.2) is 18.2 Å². The van der Waals surface area contributed by atoms with Crippen molar-refractivity contribution in [2.75, 3.05) is 23.1 Å². The molecule has 0 aliphatic rings. The summed E-state index contributed by atoms with van der Waals surface area (Å²) >= 11 is 1.81. The quantitative estimate of drug-likeness (QED) is 0.770. The van der Waals surface area contributed by atoms with Gasteiger partial charge in [0.1, 0.15) is 0 Å². The van der Waals surface area contributed by atoms with E-state index < -0.39 is 0 Å². The van der Waals surface area contributed by atoms with Crippen LogP contribution >= 0.6 is 11.8 Å². The second-order valence-corrected chi connectivity index (χ2v) is 4.66. The van der Waals surface area contributed by atoms with Gasteiger partial charge in [0.15, 0.2) is 0 Å². The van der Waals surface area contributed by atoms with E-state index in [1.54, 1.807) is 0 Å². The Labute approximate surface area is 101 Å². The highest BCUT2D eigenvalue weighted by Gasteiger charge is 2.04. The van der Waals surface area contributed by atoms with E-state index in [1.165, 1.54) is 0 Å². The van der Waals surface area contributed by atoms with Crippen LogP contribution in [0, 0.1) is 11.3 Å². The summed E-state index contributed by atoms with van der Waals surface area (Å²) in [5.74, 6) is 1.05. The Hall–Kier alpha value is -1.34. The van der Waals surface area contributed by atoms with E-state index in [-0.39, 0.29) is 0 Å². The maximum absolute atomic E-state index is 8.67. The smallest absolute Gasteiger partial charge is 0.0670 e. The molecule has 1 aromatic carbocycles. The van der Waals surface area contributed by atoms with Gasteiger partial charge in [-0.1, -0.05) is 0 Å². The van der Waals surface area contributed by atoms with Gasteiger partial charge in [-0.2, -0.15) is 17.0 Å². The first-order valence-corrected chi connectivity index (χ1v) is 6.57. The van der Waals surface area contributed by atoms with Crippen molar-refractivity contribution in [1.82, 2.24) is 0 Å². The van der Waals surface area contributed by atoms with Crippen molar-refractivity contribution in [2.24, 2.45) is 0 Å². The predicted molar refractivity (Wildman–Crippen MR) is 71.6 cm³/mol. The number of benzene rings is 1. The van der Waals surface area contributed by atoms with Crippen LogP contribution < -0.4 is 11.1 Å². The molecule has 0 saturated carbocycles. The third-order valence-electron chi connectivity index (χ3n) is 2.24. The zero-order chi connectivity index (χ0) is 12.0. The number of nitrogens with zero attached hydrogens (tertiary/aromatic N) is 1. The van der Waals surface area contributed by atoms with Crippen LogP contribution in [0.2, 0.25) is 0 Å². The molecule has 1 rings (SSSR count). The fourth-order valence-electron chi connectivity index (χ4n) is 1.51. The molecule has 1 atom stereocenters. The number of hydrogen-bond donors (Lipinski definition) is 2. The molecular formula is C12H17N3S. The van der Waals surface area contributed by atoms with Crippen molar-refractivity contribution >= 4 is 23.1 Å². The largest absolute Gasteiger partial charge is 0.398 e. The normalized spacial score (nSPS) is 11.8. The van der Waals surface area contributed by atoms with Gasteiger partial charge in [0.2, 0.25) is 0 Å². The minimum atomic E-state index is 0.359. The summed E-state index contributed by atoms with van der Waals surface area (Å²) in [5, 5.41) is 12.1. The maximum atomic E-state index is 8.67. The van der Waals surface area contributed by atoms with Gasteiger partial charge in [0, 0.05) is 23.2 Å². The summed E-state index contributed by atoms with van der Waals surface area (Å²) in [4.78, 5) is 0. The fourth-order valence-corrected chi connectivity index (χ4v) is 2.09. The minimum Gasteiger partial charge on any atom is -0.398 e. The van der Waals surface area contributed by atoms with Gasteiger partial charge in [-0.3, -0.25) is 0 Å². The first-order valence-electron chi connectivity index (χ1n) is 5.18. The molecule has 0 fully saturated rings. The van der Waals surface area contributed by atoms with E-state index in [1.807, 2.05) is 30.0 Å². The van der Waals surface area contributed by atoms with Crippen molar-refractivity contribution in [3.8, 4) is 6.07 Å². The fraction of sp³-hybridized carbons (Fsp3) is 0.417. The van der Waals surface area contributed by atoms with E-state index in [9.17, 15) is 0 Å². The lowest BCUT2D eigenvalue weighted by Crippen LogP contribution is -2.17. The number of nitrogen functional groups attached to an aromatic ring is 1. The van der Waals surface area contributed by atoms with Gasteiger partial charge >= 0.3 is 0 Å². The molecule has 0 heterocycles. The highest BCUT2D eigenvalue weighted by molar-refractivity contribution is 7.98. The van der Waals surface area contributed by atoms with E-state index in [0.29, 0.717) is 18.2 Å². The van der Waals surface area contributed by atoms with Crippen LogP contribution in [-0.2, 0) is 6.42 Å². The van der Waals surface area contributed by atoms with Crippen LogP contribution in [0.25, 0.3) is 0 Å². The van der Waals surface area contributed by atoms with E-state index >= 15 is 0 Å². The Balaban J connectivity index is 2.75. The average Bonchev–Trinajstić information content (AvgIpc) is 2.24. The van der Waals surface area contributed by atoms with Crippen LogP contribution in [0.4, 0.5) is 11.4 Å².